The number of hydrogen-bond acceptors (Lipinski definition) is 5. The number of nitrogens with zero attached hydrogens (tertiary/aromatic N) is 1. The van der Waals surface area contributed by atoms with E-state index in [4.69, 9.17) is 33.3 Å². The molecule has 13 heteroatoms. The van der Waals surface area contributed by atoms with Gasteiger partial charge in [0.1, 0.15) is 11.6 Å². The Labute approximate surface area is 177 Å². The van der Waals surface area contributed by atoms with Gasteiger partial charge in [-0.3, -0.25) is 20.4 Å². The molecule has 3 rings (SSSR count). The molecule has 0 aliphatic carbocycles. The van der Waals surface area contributed by atoms with Crippen molar-refractivity contribution >= 4 is 34.8 Å². The van der Waals surface area contributed by atoms with Crippen LogP contribution in [0.2, 0.25) is 5.02 Å². The summed E-state index contributed by atoms with van der Waals surface area (Å²) in [6.45, 7) is -0.236. The number of pyridine rings is 1. The highest BCUT2D eigenvalue weighted by atomic mass is 35.5. The fourth-order valence-corrected chi connectivity index (χ4v) is 2.82. The highest BCUT2D eigenvalue weighted by molar-refractivity contribution is 7.80. The monoisotopic (exact) mass is 462 g/mol. The van der Waals surface area contributed by atoms with Gasteiger partial charge in [-0.15, -0.1) is 0 Å². The minimum atomic E-state index is -4.71. The Balaban J connectivity index is 1.51. The van der Waals surface area contributed by atoms with Crippen molar-refractivity contribution in [3.8, 4) is 11.5 Å². The molecule has 2 aromatic rings. The molecule has 1 aliphatic heterocycles. The number of carbonyl (C=O) groups excluding carboxylic acids is 1. The maximum absolute atomic E-state index is 12.8. The molecule has 1 aliphatic rings. The number of hydrogen-bond donors (Lipinski definition) is 3. The van der Waals surface area contributed by atoms with Crippen molar-refractivity contribution in [1.82, 2.24) is 20.7 Å². The predicted octanol–water partition coefficient (Wildman–Crippen LogP) is 1.94. The van der Waals surface area contributed by atoms with Gasteiger partial charge in [0.25, 0.3) is 11.5 Å². The van der Waals surface area contributed by atoms with Gasteiger partial charge < -0.3 is 19.4 Å². The van der Waals surface area contributed by atoms with Gasteiger partial charge in [0.2, 0.25) is 6.79 Å². The second-order valence-corrected chi connectivity index (χ2v) is 6.87. The molecule has 1 aromatic heterocycles. The van der Waals surface area contributed by atoms with Crippen LogP contribution in [0.5, 0.6) is 11.5 Å². The van der Waals surface area contributed by atoms with Crippen LogP contribution >= 0.6 is 23.8 Å². The van der Waals surface area contributed by atoms with E-state index in [1.54, 1.807) is 18.2 Å². The fourth-order valence-electron chi connectivity index (χ4n) is 2.47. The van der Waals surface area contributed by atoms with Crippen LogP contribution in [0.3, 0.4) is 0 Å². The number of thiocarbonyl (C=S) groups is 1. The van der Waals surface area contributed by atoms with Crippen LogP contribution in [0.1, 0.15) is 11.1 Å². The first-order chi connectivity index (χ1) is 14.1. The van der Waals surface area contributed by atoms with Crippen LogP contribution in [-0.4, -0.2) is 22.4 Å². The number of nitrogens with one attached hydrogen (secondary N) is 3. The Kier molecular flexibility index (Phi) is 6.37. The van der Waals surface area contributed by atoms with Crippen molar-refractivity contribution in [2.75, 3.05) is 6.79 Å². The summed E-state index contributed by atoms with van der Waals surface area (Å²) in [4.78, 5) is 23.8. The average molecular weight is 463 g/mol. The third-order valence-electron chi connectivity index (χ3n) is 3.89. The summed E-state index contributed by atoms with van der Waals surface area (Å²) < 4.78 is 49.6. The van der Waals surface area contributed by atoms with E-state index >= 15 is 0 Å². The minimum Gasteiger partial charge on any atom is -0.454 e. The van der Waals surface area contributed by atoms with Crippen molar-refractivity contribution < 1.29 is 27.4 Å². The standard InChI is InChI=1S/C17H14ClF3N4O4S/c18-11-4-10(17(19,20)21)6-25(15(11)27)7-14(26)23-24-16(30)22-5-9-1-2-12-13(3-9)29-8-28-12/h1-4,6H,5,7-8H2,(H,23,26)(H2,22,24,30). The lowest BCUT2D eigenvalue weighted by Gasteiger charge is -2.14. The summed E-state index contributed by atoms with van der Waals surface area (Å²) in [6, 6.07) is 5.81. The second-order valence-electron chi connectivity index (χ2n) is 6.05. The Morgan fingerprint density at radius 1 is 1.20 bits per heavy atom. The molecule has 3 N–H and O–H groups in total. The molecule has 1 amide bonds. The normalized spacial score (nSPS) is 12.4. The Hall–Kier alpha value is -2.99. The number of hydrazine groups is 1. The number of halogens is 4. The van der Waals surface area contributed by atoms with Crippen molar-refractivity contribution in [2.45, 2.75) is 19.3 Å². The lowest BCUT2D eigenvalue weighted by Crippen LogP contribution is -2.48. The molecule has 0 radical (unpaired) electrons. The maximum Gasteiger partial charge on any atom is 0.417 e. The van der Waals surface area contributed by atoms with Crippen molar-refractivity contribution in [2.24, 2.45) is 0 Å². The van der Waals surface area contributed by atoms with E-state index in [9.17, 15) is 22.8 Å². The molecular formula is C17H14ClF3N4O4S. The number of rotatable bonds is 4. The highest BCUT2D eigenvalue weighted by Gasteiger charge is 2.32. The largest absolute Gasteiger partial charge is 0.454 e. The van der Waals surface area contributed by atoms with Crippen LogP contribution in [0, 0.1) is 0 Å². The molecule has 0 unspecified atom stereocenters. The highest BCUT2D eigenvalue weighted by Crippen LogP contribution is 2.32. The third kappa shape index (κ3) is 5.33. The fraction of sp³-hybridized carbons (Fsp3) is 0.235. The Morgan fingerprint density at radius 2 is 1.93 bits per heavy atom. The summed E-state index contributed by atoms with van der Waals surface area (Å²) in [5.41, 5.74) is 3.35. The van der Waals surface area contributed by atoms with E-state index in [1.807, 2.05) is 0 Å². The second kappa shape index (κ2) is 8.79. The van der Waals surface area contributed by atoms with Crippen LogP contribution in [0.25, 0.3) is 0 Å². The number of aromatic nitrogens is 1. The van der Waals surface area contributed by atoms with Gasteiger partial charge in [-0.1, -0.05) is 17.7 Å². The molecule has 160 valence electrons. The van der Waals surface area contributed by atoms with E-state index in [0.29, 0.717) is 34.9 Å². The number of fused-ring (bicyclic) bond motifs is 1. The molecule has 0 atom stereocenters. The zero-order valence-corrected chi connectivity index (χ0v) is 16.6. The maximum atomic E-state index is 12.8. The number of ether oxygens (including phenoxy) is 2. The van der Waals surface area contributed by atoms with E-state index in [1.165, 1.54) is 0 Å². The molecule has 30 heavy (non-hydrogen) atoms. The number of amides is 1. The Morgan fingerprint density at radius 3 is 2.67 bits per heavy atom. The minimum absolute atomic E-state index is 0.0513. The van der Waals surface area contributed by atoms with E-state index in [0.717, 1.165) is 5.56 Å². The first-order valence-electron chi connectivity index (χ1n) is 8.32. The molecule has 1 aromatic carbocycles. The number of benzene rings is 1. The SMILES string of the molecule is O=C(Cn1cc(C(F)(F)F)cc(Cl)c1=O)NNC(=S)NCc1ccc2c(c1)OCO2. The van der Waals surface area contributed by atoms with Gasteiger partial charge in [-0.05, 0) is 36.0 Å². The van der Waals surface area contributed by atoms with E-state index in [2.05, 4.69) is 16.2 Å². The van der Waals surface area contributed by atoms with Gasteiger partial charge in [0.05, 0.1) is 5.56 Å². The van der Waals surface area contributed by atoms with Gasteiger partial charge in [-0.2, -0.15) is 13.2 Å². The van der Waals surface area contributed by atoms with Crippen molar-refractivity contribution in [3.63, 3.8) is 0 Å². The zero-order valence-electron chi connectivity index (χ0n) is 15.0. The molecule has 0 saturated heterocycles. The van der Waals surface area contributed by atoms with Crippen LogP contribution in [0.4, 0.5) is 13.2 Å². The predicted molar refractivity (Wildman–Crippen MR) is 104 cm³/mol. The van der Waals surface area contributed by atoms with Crippen LogP contribution in [0.15, 0.2) is 35.3 Å². The summed E-state index contributed by atoms with van der Waals surface area (Å²) >= 11 is 10.6. The van der Waals surface area contributed by atoms with Gasteiger partial charge >= 0.3 is 6.18 Å². The third-order valence-corrected chi connectivity index (χ3v) is 4.41. The molecule has 0 bridgehead atoms. The number of carbonyl (C=O) groups is 1. The molecule has 2 heterocycles. The first kappa shape index (κ1) is 21.7. The average Bonchev–Trinajstić information content (AvgIpc) is 3.15. The quantitative estimate of drug-likeness (QED) is 0.472. The van der Waals surface area contributed by atoms with Crippen LogP contribution < -0.4 is 31.2 Å². The van der Waals surface area contributed by atoms with E-state index < -0.39 is 34.8 Å². The first-order valence-corrected chi connectivity index (χ1v) is 9.10. The lowest BCUT2D eigenvalue weighted by molar-refractivity contribution is -0.138. The van der Waals surface area contributed by atoms with E-state index in [-0.39, 0.29) is 11.9 Å². The molecule has 8 nitrogen and oxygen atoms in total. The summed E-state index contributed by atoms with van der Waals surface area (Å²) in [5, 5.41) is 2.23. The smallest absolute Gasteiger partial charge is 0.417 e. The van der Waals surface area contributed by atoms with Gasteiger partial charge in [-0.25, -0.2) is 0 Å². The molecule has 0 spiro atoms. The van der Waals surface area contributed by atoms with Gasteiger partial charge in [0, 0.05) is 12.7 Å². The summed E-state index contributed by atoms with van der Waals surface area (Å²) in [5.74, 6) is 0.433. The zero-order chi connectivity index (χ0) is 21.9. The Bertz CT molecular complexity index is 1040. The van der Waals surface area contributed by atoms with Crippen LogP contribution in [-0.2, 0) is 24.1 Å². The summed E-state index contributed by atoms with van der Waals surface area (Å²) in [7, 11) is 0. The van der Waals surface area contributed by atoms with Crippen molar-refractivity contribution in [1.29, 1.82) is 0 Å². The van der Waals surface area contributed by atoms with Crippen molar-refractivity contribution in [3.05, 3.63) is 57.0 Å². The lowest BCUT2D eigenvalue weighted by atomic mass is 10.2. The number of alkyl halides is 3. The molecule has 0 saturated carbocycles. The molecule has 0 fully saturated rings. The summed E-state index contributed by atoms with van der Waals surface area (Å²) in [6.07, 6.45) is -4.20. The topological polar surface area (TPSA) is 93.6 Å². The molecular weight excluding hydrogens is 449 g/mol. The van der Waals surface area contributed by atoms with Gasteiger partial charge in [0.15, 0.2) is 16.6 Å².